The molecule has 2 aliphatic carbocycles. The van der Waals surface area contributed by atoms with Crippen LogP contribution < -0.4 is 11.1 Å². The fourth-order valence-corrected chi connectivity index (χ4v) is 5.55. The lowest BCUT2D eigenvalue weighted by atomic mass is 9.68. The summed E-state index contributed by atoms with van der Waals surface area (Å²) in [6, 6.07) is 10.6. The number of hydrogen-bond donors (Lipinski definition) is 2. The minimum atomic E-state index is -0.592. The molecular formula is C24H35N5O3. The van der Waals surface area contributed by atoms with E-state index in [0.717, 1.165) is 32.2 Å². The summed E-state index contributed by atoms with van der Waals surface area (Å²) < 4.78 is 0. The molecule has 4 amide bonds. The number of hydrogen-bond acceptors (Lipinski definition) is 4. The van der Waals surface area contributed by atoms with Crippen LogP contribution in [0.3, 0.4) is 0 Å². The first kappa shape index (κ1) is 22.6. The van der Waals surface area contributed by atoms with Crippen molar-refractivity contribution in [3.63, 3.8) is 0 Å². The van der Waals surface area contributed by atoms with Crippen LogP contribution in [-0.4, -0.2) is 78.4 Å². The minimum absolute atomic E-state index is 0.0352. The molecule has 0 unspecified atom stereocenters. The average molecular weight is 442 g/mol. The number of carbonyl (C=O) groups is 3. The molecule has 1 heterocycles. The Morgan fingerprint density at radius 3 is 2.34 bits per heavy atom. The second kappa shape index (κ2) is 8.73. The van der Waals surface area contributed by atoms with Gasteiger partial charge in [-0.25, -0.2) is 4.79 Å². The predicted molar refractivity (Wildman–Crippen MR) is 122 cm³/mol. The van der Waals surface area contributed by atoms with E-state index >= 15 is 0 Å². The molecule has 1 saturated heterocycles. The van der Waals surface area contributed by atoms with Crippen LogP contribution in [0.15, 0.2) is 30.3 Å². The van der Waals surface area contributed by atoms with Crippen molar-refractivity contribution in [1.29, 1.82) is 0 Å². The van der Waals surface area contributed by atoms with Crippen LogP contribution in [0.4, 0.5) is 4.79 Å². The first-order valence-electron chi connectivity index (χ1n) is 11.6. The van der Waals surface area contributed by atoms with Gasteiger partial charge in [-0.05, 0) is 64.1 Å². The number of nitrogens with one attached hydrogen (secondary N) is 1. The minimum Gasteiger partial charge on any atom is -0.368 e. The predicted octanol–water partition coefficient (Wildman–Crippen LogP) is 1.51. The first-order valence-corrected chi connectivity index (χ1v) is 11.6. The van der Waals surface area contributed by atoms with Crippen LogP contribution in [0.2, 0.25) is 0 Å². The largest absolute Gasteiger partial charge is 0.368 e. The Morgan fingerprint density at radius 1 is 1.12 bits per heavy atom. The Hall–Kier alpha value is -2.61. The van der Waals surface area contributed by atoms with E-state index in [2.05, 4.69) is 53.5 Å². The summed E-state index contributed by atoms with van der Waals surface area (Å²) in [5.74, 6) is -0.358. The highest BCUT2D eigenvalue weighted by molar-refractivity contribution is 5.88. The molecule has 1 aromatic rings. The Morgan fingerprint density at radius 2 is 1.78 bits per heavy atom. The van der Waals surface area contributed by atoms with Crippen LogP contribution in [0.5, 0.6) is 0 Å². The Kier molecular flexibility index (Phi) is 6.16. The Balaban J connectivity index is 1.52. The number of nitrogens with zero attached hydrogens (tertiary/aromatic N) is 3. The number of carbonyl (C=O) groups excluding carboxylic acids is 3. The lowest BCUT2D eigenvalue weighted by Crippen LogP contribution is -2.55. The maximum absolute atomic E-state index is 13.4. The Bertz CT molecular complexity index is 860. The van der Waals surface area contributed by atoms with Crippen molar-refractivity contribution in [3.8, 4) is 0 Å². The van der Waals surface area contributed by atoms with Gasteiger partial charge in [0.15, 0.2) is 0 Å². The van der Waals surface area contributed by atoms with E-state index in [1.54, 1.807) is 4.90 Å². The smallest absolute Gasteiger partial charge is 0.321 e. The van der Waals surface area contributed by atoms with E-state index < -0.39 is 5.91 Å². The molecular weight excluding hydrogens is 406 g/mol. The summed E-state index contributed by atoms with van der Waals surface area (Å²) in [4.78, 5) is 42.7. The van der Waals surface area contributed by atoms with Crippen molar-refractivity contribution >= 4 is 17.8 Å². The van der Waals surface area contributed by atoms with E-state index in [9.17, 15) is 14.4 Å². The zero-order chi connectivity index (χ0) is 22.9. The zero-order valence-electron chi connectivity index (χ0n) is 19.2. The number of amides is 4. The fraction of sp³-hybridized carbons (Fsp3) is 0.625. The van der Waals surface area contributed by atoms with E-state index in [1.165, 1.54) is 18.4 Å². The Labute approximate surface area is 190 Å². The zero-order valence-corrected chi connectivity index (χ0v) is 19.2. The fourth-order valence-electron chi connectivity index (χ4n) is 5.55. The molecule has 3 aliphatic rings. The quantitative estimate of drug-likeness (QED) is 0.639. The van der Waals surface area contributed by atoms with E-state index in [-0.39, 0.29) is 36.1 Å². The van der Waals surface area contributed by atoms with Gasteiger partial charge in [0.1, 0.15) is 6.54 Å². The van der Waals surface area contributed by atoms with Crippen LogP contribution in [0.25, 0.3) is 0 Å². The number of rotatable bonds is 8. The lowest BCUT2D eigenvalue weighted by Gasteiger charge is -2.51. The SMILES string of the molecule is CN(C)[C@]1(c2ccccc2)CC[C@@]2(CC1)CN(CC(=O)NCC(N)=O)C(=O)N2CC1CC1. The molecule has 2 saturated carbocycles. The molecule has 0 radical (unpaired) electrons. The van der Waals surface area contributed by atoms with Crippen LogP contribution in [0, 0.1) is 5.92 Å². The molecule has 0 bridgehead atoms. The number of urea groups is 1. The number of nitrogens with two attached hydrogens (primary N) is 1. The molecule has 32 heavy (non-hydrogen) atoms. The van der Waals surface area contributed by atoms with Gasteiger partial charge < -0.3 is 20.9 Å². The van der Waals surface area contributed by atoms with Gasteiger partial charge in [0.05, 0.1) is 12.1 Å². The van der Waals surface area contributed by atoms with Gasteiger partial charge in [-0.2, -0.15) is 0 Å². The van der Waals surface area contributed by atoms with Gasteiger partial charge in [0, 0.05) is 18.6 Å². The highest BCUT2D eigenvalue weighted by Gasteiger charge is 2.55. The van der Waals surface area contributed by atoms with Crippen molar-refractivity contribution in [1.82, 2.24) is 20.0 Å². The molecule has 4 rings (SSSR count). The summed E-state index contributed by atoms with van der Waals surface area (Å²) in [5.41, 5.74) is 6.16. The average Bonchev–Trinajstić information content (AvgIpc) is 3.56. The number of primary amides is 1. The summed E-state index contributed by atoms with van der Waals surface area (Å²) in [6.45, 7) is 1.09. The maximum Gasteiger partial charge on any atom is 0.321 e. The lowest BCUT2D eigenvalue weighted by molar-refractivity contribution is -0.125. The summed E-state index contributed by atoms with van der Waals surface area (Å²) in [5, 5.41) is 2.51. The topological polar surface area (TPSA) is 99.0 Å². The van der Waals surface area contributed by atoms with Gasteiger partial charge in [-0.1, -0.05) is 30.3 Å². The van der Waals surface area contributed by atoms with Gasteiger partial charge >= 0.3 is 6.03 Å². The monoisotopic (exact) mass is 441 g/mol. The van der Waals surface area contributed by atoms with E-state index in [4.69, 9.17) is 5.73 Å². The third-order valence-corrected chi connectivity index (χ3v) is 7.67. The second-order valence-electron chi connectivity index (χ2n) is 9.95. The highest BCUT2D eigenvalue weighted by atomic mass is 16.2. The van der Waals surface area contributed by atoms with Gasteiger partial charge in [-0.15, -0.1) is 0 Å². The van der Waals surface area contributed by atoms with Crippen molar-refractivity contribution in [3.05, 3.63) is 35.9 Å². The molecule has 8 heteroatoms. The first-order chi connectivity index (χ1) is 15.3. The molecule has 174 valence electrons. The summed E-state index contributed by atoms with van der Waals surface area (Å²) >= 11 is 0. The molecule has 3 N–H and O–H groups in total. The van der Waals surface area contributed by atoms with Gasteiger partial charge in [0.25, 0.3) is 0 Å². The molecule has 1 aliphatic heterocycles. The van der Waals surface area contributed by atoms with Crippen molar-refractivity contribution in [2.75, 3.05) is 40.3 Å². The van der Waals surface area contributed by atoms with Gasteiger partial charge in [-0.3, -0.25) is 14.5 Å². The second-order valence-corrected chi connectivity index (χ2v) is 9.95. The van der Waals surface area contributed by atoms with Gasteiger partial charge in [0.2, 0.25) is 11.8 Å². The summed E-state index contributed by atoms with van der Waals surface area (Å²) in [7, 11) is 4.28. The van der Waals surface area contributed by atoms with Crippen LogP contribution >= 0.6 is 0 Å². The summed E-state index contributed by atoms with van der Waals surface area (Å²) in [6.07, 6.45) is 6.06. The normalized spacial score (nSPS) is 27.9. The third kappa shape index (κ3) is 4.33. The van der Waals surface area contributed by atoms with Crippen LogP contribution in [-0.2, 0) is 15.1 Å². The molecule has 0 atom stereocenters. The molecule has 1 aromatic carbocycles. The standard InChI is InChI=1S/C24H35N5O3/c1-27(2)24(19-6-4-3-5-7-19)12-10-23(11-13-24)17-28(16-21(31)26-14-20(25)30)22(32)29(23)15-18-8-9-18/h3-7,18H,8-17H2,1-2H3,(H2,25,30)(H,26,31)/t23-,24-. The molecule has 3 fully saturated rings. The molecule has 8 nitrogen and oxygen atoms in total. The van der Waals surface area contributed by atoms with E-state index in [1.807, 2.05) is 6.07 Å². The molecule has 1 spiro atoms. The van der Waals surface area contributed by atoms with Crippen LogP contribution in [0.1, 0.15) is 44.1 Å². The van der Waals surface area contributed by atoms with Crippen molar-refractivity contribution in [2.45, 2.75) is 49.6 Å². The highest BCUT2D eigenvalue weighted by Crippen LogP contribution is 2.49. The van der Waals surface area contributed by atoms with Crippen molar-refractivity contribution in [2.24, 2.45) is 11.7 Å². The van der Waals surface area contributed by atoms with E-state index in [0.29, 0.717) is 12.5 Å². The molecule has 0 aromatic heterocycles. The maximum atomic E-state index is 13.4. The third-order valence-electron chi connectivity index (χ3n) is 7.67. The number of benzene rings is 1. The van der Waals surface area contributed by atoms with Crippen molar-refractivity contribution < 1.29 is 14.4 Å².